The standard InChI is InChI=1S/C16H18ClN5O/c1-10-14(22-15(18)23-10)7-4-11-2-5-13(6-3-11)21-16-19-8-12(17)9-20-16/h2-3,5-6,8-10,14H,4,7H2,1H3,(H2,18,22)(H,19,20,21)/t10-,14?/m0/s1. The maximum absolute atomic E-state index is 5.76. The van der Waals surface area contributed by atoms with Crippen LogP contribution in [0.5, 0.6) is 0 Å². The molecule has 0 saturated heterocycles. The summed E-state index contributed by atoms with van der Waals surface area (Å²) in [5, 5.41) is 3.64. The average molecular weight is 332 g/mol. The second-order valence-corrected chi connectivity index (χ2v) is 5.88. The Hall–Kier alpha value is -2.34. The van der Waals surface area contributed by atoms with Crippen molar-refractivity contribution in [1.82, 2.24) is 9.97 Å². The number of rotatable bonds is 5. The third kappa shape index (κ3) is 4.10. The fourth-order valence-electron chi connectivity index (χ4n) is 2.44. The maximum atomic E-state index is 5.76. The van der Waals surface area contributed by atoms with E-state index in [1.165, 1.54) is 5.56 Å². The number of benzene rings is 1. The van der Waals surface area contributed by atoms with Crippen molar-refractivity contribution in [3.63, 3.8) is 0 Å². The molecule has 3 rings (SSSR count). The molecule has 0 aliphatic carbocycles. The van der Waals surface area contributed by atoms with Gasteiger partial charge in [-0.2, -0.15) is 0 Å². The number of amidine groups is 1. The molecule has 23 heavy (non-hydrogen) atoms. The molecule has 120 valence electrons. The van der Waals surface area contributed by atoms with Gasteiger partial charge in [-0.15, -0.1) is 0 Å². The Morgan fingerprint density at radius 1 is 1.22 bits per heavy atom. The van der Waals surface area contributed by atoms with Gasteiger partial charge in [0.25, 0.3) is 6.02 Å². The number of ether oxygens (including phenoxy) is 1. The number of anilines is 2. The minimum Gasteiger partial charge on any atom is -0.460 e. The molecule has 0 saturated carbocycles. The summed E-state index contributed by atoms with van der Waals surface area (Å²) in [6.07, 6.45) is 5.00. The Morgan fingerprint density at radius 2 is 1.91 bits per heavy atom. The summed E-state index contributed by atoms with van der Waals surface area (Å²) >= 11 is 5.76. The molecular formula is C16H18ClN5O. The molecule has 2 heterocycles. The van der Waals surface area contributed by atoms with Crippen LogP contribution >= 0.6 is 11.6 Å². The number of aliphatic imine (C=N–C) groups is 1. The number of halogens is 1. The van der Waals surface area contributed by atoms with Crippen molar-refractivity contribution >= 4 is 29.3 Å². The molecule has 1 unspecified atom stereocenters. The maximum Gasteiger partial charge on any atom is 0.282 e. The van der Waals surface area contributed by atoms with E-state index < -0.39 is 0 Å². The topological polar surface area (TPSA) is 85.4 Å². The third-order valence-corrected chi connectivity index (χ3v) is 3.90. The molecule has 2 atom stereocenters. The van der Waals surface area contributed by atoms with Gasteiger partial charge in [0.2, 0.25) is 5.95 Å². The Balaban J connectivity index is 1.56. The van der Waals surface area contributed by atoms with Crippen molar-refractivity contribution in [3.8, 4) is 0 Å². The lowest BCUT2D eigenvalue weighted by Gasteiger charge is -2.12. The van der Waals surface area contributed by atoms with Gasteiger partial charge in [0, 0.05) is 5.69 Å². The van der Waals surface area contributed by atoms with Crippen molar-refractivity contribution in [2.45, 2.75) is 31.9 Å². The van der Waals surface area contributed by atoms with Crippen molar-refractivity contribution in [2.75, 3.05) is 5.32 Å². The second kappa shape index (κ2) is 6.83. The summed E-state index contributed by atoms with van der Waals surface area (Å²) in [6, 6.07) is 8.58. The molecule has 0 spiro atoms. The summed E-state index contributed by atoms with van der Waals surface area (Å²) in [4.78, 5) is 12.5. The van der Waals surface area contributed by atoms with Gasteiger partial charge in [0.1, 0.15) is 6.10 Å². The number of nitrogens with zero attached hydrogens (tertiary/aromatic N) is 3. The lowest BCUT2D eigenvalue weighted by molar-refractivity contribution is 0.205. The smallest absolute Gasteiger partial charge is 0.282 e. The lowest BCUT2D eigenvalue weighted by atomic mass is 10.0. The van der Waals surface area contributed by atoms with Crippen LogP contribution in [0.4, 0.5) is 11.6 Å². The molecule has 0 amide bonds. The Morgan fingerprint density at radius 3 is 2.52 bits per heavy atom. The summed E-state index contributed by atoms with van der Waals surface area (Å²) < 4.78 is 5.35. The Bertz CT molecular complexity index is 687. The van der Waals surface area contributed by atoms with Gasteiger partial charge in [-0.05, 0) is 37.5 Å². The molecule has 1 aliphatic heterocycles. The number of aromatic nitrogens is 2. The van der Waals surface area contributed by atoms with E-state index in [1.807, 2.05) is 19.1 Å². The van der Waals surface area contributed by atoms with Crippen molar-refractivity contribution in [3.05, 3.63) is 47.2 Å². The highest BCUT2D eigenvalue weighted by Crippen LogP contribution is 2.19. The summed E-state index contributed by atoms with van der Waals surface area (Å²) in [6.45, 7) is 1.99. The zero-order valence-electron chi connectivity index (χ0n) is 12.7. The molecule has 3 N–H and O–H groups in total. The molecule has 1 aromatic carbocycles. The highest BCUT2D eigenvalue weighted by Gasteiger charge is 2.25. The van der Waals surface area contributed by atoms with Crippen LogP contribution in [0.15, 0.2) is 41.7 Å². The molecular weight excluding hydrogens is 314 g/mol. The number of nitrogens with one attached hydrogen (secondary N) is 1. The number of hydrogen-bond acceptors (Lipinski definition) is 6. The van der Waals surface area contributed by atoms with Crippen molar-refractivity contribution in [1.29, 1.82) is 0 Å². The van der Waals surface area contributed by atoms with Gasteiger partial charge in [-0.25, -0.2) is 15.0 Å². The van der Waals surface area contributed by atoms with E-state index in [1.54, 1.807) is 12.4 Å². The van der Waals surface area contributed by atoms with E-state index in [2.05, 4.69) is 32.4 Å². The van der Waals surface area contributed by atoms with E-state index in [0.29, 0.717) is 17.0 Å². The quantitative estimate of drug-likeness (QED) is 0.879. The molecule has 0 bridgehead atoms. The molecule has 6 nitrogen and oxygen atoms in total. The van der Waals surface area contributed by atoms with Gasteiger partial charge < -0.3 is 15.8 Å². The van der Waals surface area contributed by atoms with Gasteiger partial charge in [0.15, 0.2) is 0 Å². The number of nitrogens with two attached hydrogens (primary N) is 1. The van der Waals surface area contributed by atoms with E-state index >= 15 is 0 Å². The normalized spacial score (nSPS) is 20.0. The van der Waals surface area contributed by atoms with Crippen LogP contribution in [0, 0.1) is 0 Å². The zero-order valence-corrected chi connectivity index (χ0v) is 13.5. The van der Waals surface area contributed by atoms with Crippen LogP contribution in [-0.2, 0) is 11.2 Å². The summed E-state index contributed by atoms with van der Waals surface area (Å²) in [7, 11) is 0. The first-order valence-electron chi connectivity index (χ1n) is 7.43. The molecule has 1 aliphatic rings. The predicted octanol–water partition coefficient (Wildman–Crippen LogP) is 2.91. The molecule has 0 fully saturated rings. The minimum absolute atomic E-state index is 0.0537. The van der Waals surface area contributed by atoms with Crippen LogP contribution in [0.25, 0.3) is 0 Å². The second-order valence-electron chi connectivity index (χ2n) is 5.44. The van der Waals surface area contributed by atoms with Crippen LogP contribution in [0.2, 0.25) is 5.02 Å². The SMILES string of the molecule is C[C@@H]1OC(N)=NC1CCc1ccc(Nc2ncc(Cl)cn2)cc1. The number of hydrogen-bond donors (Lipinski definition) is 2. The molecule has 7 heteroatoms. The first-order chi connectivity index (χ1) is 11.1. The van der Waals surface area contributed by atoms with Crippen LogP contribution in [-0.4, -0.2) is 28.1 Å². The first-order valence-corrected chi connectivity index (χ1v) is 7.81. The lowest BCUT2D eigenvalue weighted by Crippen LogP contribution is -2.20. The van der Waals surface area contributed by atoms with E-state index in [9.17, 15) is 0 Å². The van der Waals surface area contributed by atoms with Gasteiger partial charge in [-0.3, -0.25) is 0 Å². The highest BCUT2D eigenvalue weighted by molar-refractivity contribution is 6.30. The van der Waals surface area contributed by atoms with E-state index in [4.69, 9.17) is 22.1 Å². The van der Waals surface area contributed by atoms with Crippen LogP contribution in [0.1, 0.15) is 18.9 Å². The third-order valence-electron chi connectivity index (χ3n) is 3.70. The largest absolute Gasteiger partial charge is 0.460 e. The van der Waals surface area contributed by atoms with Crippen LogP contribution < -0.4 is 11.1 Å². The summed E-state index contributed by atoms with van der Waals surface area (Å²) in [5.41, 5.74) is 7.75. The van der Waals surface area contributed by atoms with Crippen molar-refractivity contribution < 1.29 is 4.74 Å². The predicted molar refractivity (Wildman–Crippen MR) is 91.0 cm³/mol. The first kappa shape index (κ1) is 15.6. The average Bonchev–Trinajstić information content (AvgIpc) is 2.87. The Kier molecular flexibility index (Phi) is 4.62. The van der Waals surface area contributed by atoms with E-state index in [-0.39, 0.29) is 12.1 Å². The van der Waals surface area contributed by atoms with Gasteiger partial charge in [0.05, 0.1) is 23.5 Å². The zero-order chi connectivity index (χ0) is 16.2. The highest BCUT2D eigenvalue weighted by atomic mass is 35.5. The monoisotopic (exact) mass is 331 g/mol. The fraction of sp³-hybridized carbons (Fsp3) is 0.312. The molecule has 1 aromatic heterocycles. The molecule has 2 aromatic rings. The molecule has 0 radical (unpaired) electrons. The van der Waals surface area contributed by atoms with Gasteiger partial charge in [-0.1, -0.05) is 23.7 Å². The minimum atomic E-state index is 0.0537. The van der Waals surface area contributed by atoms with E-state index in [0.717, 1.165) is 18.5 Å². The van der Waals surface area contributed by atoms with Crippen molar-refractivity contribution in [2.24, 2.45) is 10.7 Å². The summed E-state index contributed by atoms with van der Waals surface area (Å²) in [5.74, 6) is 0.517. The Labute approximate surface area is 139 Å². The van der Waals surface area contributed by atoms with Gasteiger partial charge >= 0.3 is 0 Å². The number of aryl methyl sites for hydroxylation is 1. The fourth-order valence-corrected chi connectivity index (χ4v) is 2.54. The van der Waals surface area contributed by atoms with Crippen LogP contribution in [0.3, 0.4) is 0 Å².